The van der Waals surface area contributed by atoms with Crippen LogP contribution in [-0.2, 0) is 9.53 Å². The maximum absolute atomic E-state index is 11.5. The van der Waals surface area contributed by atoms with Crippen LogP contribution in [0.25, 0.3) is 0 Å². The lowest BCUT2D eigenvalue weighted by molar-refractivity contribution is -0.137. The number of alkyl carbamates (subject to hydrolysis) is 1. The minimum absolute atomic E-state index is 0.198. The van der Waals surface area contributed by atoms with Gasteiger partial charge in [-0.15, -0.1) is 0 Å². The monoisotopic (exact) mass is 399 g/mol. The number of unbranched alkanes of at least 4 members (excludes halogenated alkanes) is 15. The van der Waals surface area contributed by atoms with Gasteiger partial charge in [-0.2, -0.15) is 0 Å². The van der Waals surface area contributed by atoms with Crippen molar-refractivity contribution in [1.82, 2.24) is 5.32 Å². The Kier molecular flexibility index (Phi) is 21.0. The van der Waals surface area contributed by atoms with Gasteiger partial charge in [0.05, 0.1) is 6.61 Å². The van der Waals surface area contributed by atoms with E-state index in [2.05, 4.69) is 12.2 Å². The van der Waals surface area contributed by atoms with Crippen molar-refractivity contribution in [1.29, 1.82) is 0 Å². The van der Waals surface area contributed by atoms with Gasteiger partial charge in [0.2, 0.25) is 0 Å². The summed E-state index contributed by atoms with van der Waals surface area (Å²) in [6.45, 7) is 3.31. The average Bonchev–Trinajstić information content (AvgIpc) is 2.67. The highest BCUT2D eigenvalue weighted by molar-refractivity contribution is 5.67. The molecular formula is C23H45NO4. The molecule has 0 aliphatic heterocycles. The molecule has 0 aromatic carbocycles. The lowest BCUT2D eigenvalue weighted by Gasteiger charge is -2.07. The minimum Gasteiger partial charge on any atom is -0.481 e. The van der Waals surface area contributed by atoms with Crippen molar-refractivity contribution in [3.8, 4) is 0 Å². The van der Waals surface area contributed by atoms with E-state index in [1.54, 1.807) is 0 Å². The Morgan fingerprint density at radius 2 is 1.14 bits per heavy atom. The lowest BCUT2D eigenvalue weighted by atomic mass is 10.0. The number of rotatable bonds is 21. The van der Waals surface area contributed by atoms with Crippen molar-refractivity contribution < 1.29 is 19.4 Å². The zero-order chi connectivity index (χ0) is 20.7. The van der Waals surface area contributed by atoms with Crippen LogP contribution in [0.4, 0.5) is 4.79 Å². The van der Waals surface area contributed by atoms with E-state index in [0.29, 0.717) is 19.6 Å². The molecule has 1 amide bonds. The third-order valence-corrected chi connectivity index (χ3v) is 5.07. The molecule has 5 heteroatoms. The molecule has 0 aromatic heterocycles. The Morgan fingerprint density at radius 3 is 1.64 bits per heavy atom. The van der Waals surface area contributed by atoms with Gasteiger partial charge in [0.25, 0.3) is 0 Å². The zero-order valence-corrected chi connectivity index (χ0v) is 18.3. The number of nitrogens with one attached hydrogen (secondary N) is 1. The highest BCUT2D eigenvalue weighted by atomic mass is 16.5. The molecule has 28 heavy (non-hydrogen) atoms. The molecule has 0 aromatic rings. The van der Waals surface area contributed by atoms with E-state index in [9.17, 15) is 9.59 Å². The molecule has 0 unspecified atom stereocenters. The summed E-state index contributed by atoms with van der Waals surface area (Å²) in [5.41, 5.74) is 0. The van der Waals surface area contributed by atoms with Crippen LogP contribution in [-0.4, -0.2) is 30.3 Å². The number of carboxylic acids is 1. The van der Waals surface area contributed by atoms with Gasteiger partial charge in [-0.05, 0) is 19.3 Å². The fourth-order valence-corrected chi connectivity index (χ4v) is 3.28. The summed E-state index contributed by atoms with van der Waals surface area (Å²) in [7, 11) is 0. The van der Waals surface area contributed by atoms with Crippen molar-refractivity contribution in [3.05, 3.63) is 0 Å². The summed E-state index contributed by atoms with van der Waals surface area (Å²) < 4.78 is 5.15. The average molecular weight is 400 g/mol. The van der Waals surface area contributed by atoms with Crippen molar-refractivity contribution in [2.24, 2.45) is 0 Å². The van der Waals surface area contributed by atoms with Gasteiger partial charge in [0.1, 0.15) is 0 Å². The van der Waals surface area contributed by atoms with Crippen LogP contribution in [0, 0.1) is 0 Å². The van der Waals surface area contributed by atoms with E-state index in [-0.39, 0.29) is 12.5 Å². The Hall–Kier alpha value is -1.26. The van der Waals surface area contributed by atoms with E-state index in [1.807, 2.05) is 0 Å². The van der Waals surface area contributed by atoms with E-state index >= 15 is 0 Å². The number of ether oxygens (including phenoxy) is 1. The van der Waals surface area contributed by atoms with Crippen molar-refractivity contribution in [2.45, 2.75) is 122 Å². The summed E-state index contributed by atoms with van der Waals surface area (Å²) in [6, 6.07) is 0. The van der Waals surface area contributed by atoms with E-state index in [1.165, 1.54) is 77.0 Å². The molecule has 2 N–H and O–H groups in total. The molecule has 0 spiro atoms. The van der Waals surface area contributed by atoms with Crippen molar-refractivity contribution in [2.75, 3.05) is 13.2 Å². The maximum Gasteiger partial charge on any atom is 0.407 e. The molecule has 0 radical (unpaired) electrons. The van der Waals surface area contributed by atoms with Crippen LogP contribution in [0.1, 0.15) is 122 Å². The van der Waals surface area contributed by atoms with Gasteiger partial charge in [0.15, 0.2) is 0 Å². The molecule has 0 bridgehead atoms. The summed E-state index contributed by atoms with van der Waals surface area (Å²) >= 11 is 0. The number of carbonyl (C=O) groups excluding carboxylic acids is 1. The van der Waals surface area contributed by atoms with Crippen LogP contribution in [0.3, 0.4) is 0 Å². The summed E-state index contributed by atoms with van der Waals surface area (Å²) in [5, 5.41) is 11.2. The van der Waals surface area contributed by atoms with Gasteiger partial charge in [-0.25, -0.2) is 4.79 Å². The van der Waals surface area contributed by atoms with Crippen LogP contribution in [0.2, 0.25) is 0 Å². The fraction of sp³-hybridized carbons (Fsp3) is 0.913. The smallest absolute Gasteiger partial charge is 0.407 e. The van der Waals surface area contributed by atoms with Crippen molar-refractivity contribution >= 4 is 12.1 Å². The molecule has 0 fully saturated rings. The molecule has 0 rings (SSSR count). The molecule has 0 aliphatic carbocycles. The maximum atomic E-state index is 11.5. The predicted molar refractivity (Wildman–Crippen MR) is 116 cm³/mol. The topological polar surface area (TPSA) is 75.6 Å². The molecular weight excluding hydrogens is 354 g/mol. The summed E-state index contributed by atoms with van der Waals surface area (Å²) in [4.78, 5) is 21.9. The number of aliphatic carboxylic acids is 1. The molecule has 0 aliphatic rings. The first-order valence-corrected chi connectivity index (χ1v) is 11.8. The highest BCUT2D eigenvalue weighted by Crippen LogP contribution is 2.12. The number of amides is 1. The largest absolute Gasteiger partial charge is 0.481 e. The Bertz CT molecular complexity index is 361. The van der Waals surface area contributed by atoms with Crippen molar-refractivity contribution in [3.63, 3.8) is 0 Å². The standard InChI is InChI=1S/C23H45NO4/c1-2-3-4-5-6-7-8-9-10-11-12-13-14-18-21-28-23(27)24-20-17-15-16-19-22(25)26/h2-21H2,1H3,(H,24,27)(H,25,26). The third-order valence-electron chi connectivity index (χ3n) is 5.07. The first-order chi connectivity index (χ1) is 13.7. The van der Waals surface area contributed by atoms with Gasteiger partial charge < -0.3 is 15.2 Å². The fourth-order valence-electron chi connectivity index (χ4n) is 3.28. The van der Waals surface area contributed by atoms with Crippen LogP contribution in [0.5, 0.6) is 0 Å². The normalized spacial score (nSPS) is 10.8. The molecule has 5 nitrogen and oxygen atoms in total. The SMILES string of the molecule is CCCCCCCCCCCCCCCCOC(=O)NCCCCCC(=O)O. The number of hydrogen-bond acceptors (Lipinski definition) is 3. The molecule has 0 saturated carbocycles. The number of carbonyl (C=O) groups is 2. The minimum atomic E-state index is -0.763. The quantitative estimate of drug-likeness (QED) is 0.207. The first-order valence-electron chi connectivity index (χ1n) is 11.8. The second-order valence-electron chi connectivity index (χ2n) is 7.86. The second-order valence-corrected chi connectivity index (χ2v) is 7.86. The van der Waals surface area contributed by atoms with Gasteiger partial charge in [0, 0.05) is 13.0 Å². The van der Waals surface area contributed by atoms with E-state index in [4.69, 9.17) is 9.84 Å². The van der Waals surface area contributed by atoms with Crippen LogP contribution in [0.15, 0.2) is 0 Å². The molecule has 0 heterocycles. The van der Waals surface area contributed by atoms with Crippen LogP contribution >= 0.6 is 0 Å². The predicted octanol–water partition coefficient (Wildman–Crippen LogP) is 6.84. The Balaban J connectivity index is 3.14. The lowest BCUT2D eigenvalue weighted by Crippen LogP contribution is -2.25. The second kappa shape index (κ2) is 22.0. The van der Waals surface area contributed by atoms with Gasteiger partial charge in [-0.3, -0.25) is 4.79 Å². The Morgan fingerprint density at radius 1 is 0.679 bits per heavy atom. The Labute approximate surface area is 173 Å². The summed E-state index contributed by atoms with van der Waals surface area (Å²) in [6.07, 6.45) is 20.5. The highest BCUT2D eigenvalue weighted by Gasteiger charge is 2.01. The number of carboxylic acid groups (broad SMARTS) is 1. The van der Waals surface area contributed by atoms with E-state index < -0.39 is 5.97 Å². The molecule has 166 valence electrons. The van der Waals surface area contributed by atoms with Gasteiger partial charge in [-0.1, -0.05) is 96.8 Å². The molecule has 0 saturated heterocycles. The van der Waals surface area contributed by atoms with Gasteiger partial charge >= 0.3 is 12.1 Å². The van der Waals surface area contributed by atoms with Crippen LogP contribution < -0.4 is 5.32 Å². The molecule has 0 atom stereocenters. The van der Waals surface area contributed by atoms with E-state index in [0.717, 1.165) is 25.7 Å². The third kappa shape index (κ3) is 22.8. The number of hydrogen-bond donors (Lipinski definition) is 2. The summed E-state index contributed by atoms with van der Waals surface area (Å²) in [5.74, 6) is -0.763. The zero-order valence-electron chi connectivity index (χ0n) is 18.3. The first kappa shape index (κ1) is 26.7.